The van der Waals surface area contributed by atoms with Crippen molar-refractivity contribution in [2.75, 3.05) is 0 Å². The van der Waals surface area contributed by atoms with E-state index in [0.29, 0.717) is 11.8 Å². The number of benzene rings is 1. The number of nitrogens with zero attached hydrogens (tertiary/aromatic N) is 2. The van der Waals surface area contributed by atoms with Gasteiger partial charge in [0.05, 0.1) is 6.20 Å². The van der Waals surface area contributed by atoms with Crippen molar-refractivity contribution in [2.24, 2.45) is 0 Å². The van der Waals surface area contributed by atoms with Crippen LogP contribution in [0.2, 0.25) is 0 Å². The van der Waals surface area contributed by atoms with Crippen molar-refractivity contribution in [3.63, 3.8) is 0 Å². The quantitative estimate of drug-likeness (QED) is 0.534. The molecule has 0 aliphatic carbocycles. The van der Waals surface area contributed by atoms with Crippen LogP contribution in [0.5, 0.6) is 0 Å². The molecule has 0 spiro atoms. The van der Waals surface area contributed by atoms with Gasteiger partial charge in [0.15, 0.2) is 0 Å². The van der Waals surface area contributed by atoms with Crippen LogP contribution in [0.1, 0.15) is 5.56 Å². The fraction of sp³-hybridized carbons (Fsp3) is 0.100. The van der Waals surface area contributed by atoms with Crippen LogP contribution >= 0.6 is 11.8 Å². The maximum atomic E-state index is 11.7. The normalized spacial score (nSPS) is 11.4. The summed E-state index contributed by atoms with van der Waals surface area (Å²) < 4.78 is 0. The molecule has 1 aromatic heterocycles. The molecule has 2 aromatic rings. The van der Waals surface area contributed by atoms with Crippen molar-refractivity contribution in [1.82, 2.24) is 15.4 Å². The number of carbonyl (C=O) groups excluding carboxylic acids is 1. The second-order valence-electron chi connectivity index (χ2n) is 3.24. The first kappa shape index (κ1) is 11.8. The zero-order valence-corrected chi connectivity index (χ0v) is 9.39. The van der Waals surface area contributed by atoms with Crippen LogP contribution in [0.15, 0.2) is 41.6 Å². The minimum atomic E-state index is -2.54. The van der Waals surface area contributed by atoms with Crippen molar-refractivity contribution in [2.45, 2.75) is 10.8 Å². The first-order valence-corrected chi connectivity index (χ1v) is 5.50. The van der Waals surface area contributed by atoms with Gasteiger partial charge in [-0.25, -0.2) is 0 Å². The van der Waals surface area contributed by atoms with Gasteiger partial charge in [0, 0.05) is 5.56 Å². The highest BCUT2D eigenvalue weighted by molar-refractivity contribution is 8.13. The third kappa shape index (κ3) is 2.52. The number of aromatic amines is 1. The second-order valence-corrected chi connectivity index (χ2v) is 4.23. The summed E-state index contributed by atoms with van der Waals surface area (Å²) >= 11 is 0.608. The second kappa shape index (κ2) is 4.66. The van der Waals surface area contributed by atoms with Crippen molar-refractivity contribution in [3.05, 3.63) is 42.1 Å². The first-order valence-electron chi connectivity index (χ1n) is 4.69. The Kier molecular flexibility index (Phi) is 3.23. The van der Waals surface area contributed by atoms with Crippen LogP contribution in [0.3, 0.4) is 0 Å². The highest BCUT2D eigenvalue weighted by Gasteiger charge is 2.36. The van der Waals surface area contributed by atoms with Crippen LogP contribution < -0.4 is 0 Å². The minimum Gasteiger partial charge on any atom is -0.355 e. The van der Waals surface area contributed by atoms with Gasteiger partial charge in [0.25, 0.3) is 10.9 Å². The van der Waals surface area contributed by atoms with E-state index in [-0.39, 0.29) is 10.6 Å². The van der Waals surface area contributed by atoms with Gasteiger partial charge in [-0.3, -0.25) is 4.79 Å². The molecule has 0 aliphatic rings. The van der Waals surface area contributed by atoms with Crippen LogP contribution in [0, 0.1) is 0 Å². The lowest BCUT2D eigenvalue weighted by atomic mass is 10.1. The smallest absolute Gasteiger partial charge is 0.262 e. The van der Waals surface area contributed by atoms with Crippen molar-refractivity contribution in [1.29, 1.82) is 0 Å². The summed E-state index contributed by atoms with van der Waals surface area (Å²) in [6, 6.07) is 7.87. The number of rotatable bonds is 3. The van der Waals surface area contributed by atoms with Crippen molar-refractivity contribution >= 4 is 16.9 Å². The van der Waals surface area contributed by atoms with E-state index in [1.165, 1.54) is 18.3 Å². The van der Waals surface area contributed by atoms with Gasteiger partial charge in [-0.15, -0.1) is 5.10 Å². The van der Waals surface area contributed by atoms with Gasteiger partial charge in [-0.2, -0.15) is 10.3 Å². The Bertz CT molecular complexity index is 499. The molecular formula is C10H9N3O3S. The van der Waals surface area contributed by atoms with E-state index in [0.717, 1.165) is 0 Å². The van der Waals surface area contributed by atoms with E-state index in [4.69, 9.17) is 0 Å². The third-order valence-electron chi connectivity index (χ3n) is 2.05. The van der Waals surface area contributed by atoms with E-state index in [1.807, 2.05) is 0 Å². The zero-order valence-electron chi connectivity index (χ0n) is 8.57. The zero-order chi connectivity index (χ0) is 12.3. The van der Waals surface area contributed by atoms with Gasteiger partial charge in [0.1, 0.15) is 5.03 Å². The van der Waals surface area contributed by atoms with Crippen molar-refractivity contribution < 1.29 is 15.0 Å². The van der Waals surface area contributed by atoms with Crippen molar-refractivity contribution in [3.8, 4) is 0 Å². The lowest BCUT2D eigenvalue weighted by Crippen LogP contribution is -2.33. The molecule has 2 rings (SSSR count). The number of aliphatic hydroxyl groups is 2. The molecule has 0 fully saturated rings. The monoisotopic (exact) mass is 251 g/mol. The van der Waals surface area contributed by atoms with Crippen LogP contribution in [-0.4, -0.2) is 30.7 Å². The highest BCUT2D eigenvalue weighted by atomic mass is 32.2. The summed E-state index contributed by atoms with van der Waals surface area (Å²) in [5, 5.41) is 28.5. The van der Waals surface area contributed by atoms with E-state index in [2.05, 4.69) is 15.4 Å². The molecular weight excluding hydrogens is 242 g/mol. The molecule has 0 unspecified atom stereocenters. The number of hydrogen-bond acceptors (Lipinski definition) is 6. The van der Waals surface area contributed by atoms with Gasteiger partial charge in [-0.1, -0.05) is 30.3 Å². The van der Waals surface area contributed by atoms with E-state index < -0.39 is 10.9 Å². The number of H-pyrrole nitrogens is 1. The summed E-state index contributed by atoms with van der Waals surface area (Å²) in [6.45, 7) is 0. The predicted molar refractivity (Wildman–Crippen MR) is 59.8 cm³/mol. The van der Waals surface area contributed by atoms with Gasteiger partial charge in [0.2, 0.25) is 0 Å². The summed E-state index contributed by atoms with van der Waals surface area (Å²) in [4.78, 5) is 11.7. The van der Waals surface area contributed by atoms with Gasteiger partial charge in [-0.05, 0) is 11.8 Å². The lowest BCUT2D eigenvalue weighted by Gasteiger charge is -2.18. The topological polar surface area (TPSA) is 99.1 Å². The molecule has 0 atom stereocenters. The molecule has 0 saturated carbocycles. The molecule has 88 valence electrons. The summed E-state index contributed by atoms with van der Waals surface area (Å²) in [7, 11) is 0. The Balaban J connectivity index is 2.18. The largest absolute Gasteiger partial charge is 0.355 e. The standard InChI is InChI=1S/C10H9N3O3S/c14-9(17-8-6-11-13-12-8)10(15,16)7-4-2-1-3-5-7/h1-6,15-16H,(H,11,12,13). The summed E-state index contributed by atoms with van der Waals surface area (Å²) in [6.07, 6.45) is 1.32. The van der Waals surface area contributed by atoms with Crippen LogP contribution in [-0.2, 0) is 10.6 Å². The molecule has 17 heavy (non-hydrogen) atoms. The van der Waals surface area contributed by atoms with E-state index in [1.54, 1.807) is 18.2 Å². The molecule has 3 N–H and O–H groups in total. The number of nitrogens with one attached hydrogen (secondary N) is 1. The Morgan fingerprint density at radius 2 is 2.00 bits per heavy atom. The third-order valence-corrected chi connectivity index (χ3v) is 2.93. The maximum Gasteiger partial charge on any atom is 0.262 e. The Morgan fingerprint density at radius 3 is 2.59 bits per heavy atom. The molecule has 7 heteroatoms. The lowest BCUT2D eigenvalue weighted by molar-refractivity contribution is -0.177. The molecule has 1 aromatic carbocycles. The molecule has 0 amide bonds. The van der Waals surface area contributed by atoms with Crippen LogP contribution in [0.4, 0.5) is 0 Å². The summed E-state index contributed by atoms with van der Waals surface area (Å²) in [5.74, 6) is -2.54. The van der Waals surface area contributed by atoms with Gasteiger partial charge >= 0.3 is 0 Å². The predicted octanol–water partition coefficient (Wildman–Crippen LogP) is 0.261. The Labute approximate surface area is 101 Å². The summed E-state index contributed by atoms with van der Waals surface area (Å²) in [5.41, 5.74) is 0.112. The first-order chi connectivity index (χ1) is 8.10. The fourth-order valence-electron chi connectivity index (χ4n) is 1.19. The number of thioether (sulfide) groups is 1. The minimum absolute atomic E-state index is 0.112. The molecule has 0 saturated heterocycles. The van der Waals surface area contributed by atoms with Gasteiger partial charge < -0.3 is 10.2 Å². The highest BCUT2D eigenvalue weighted by Crippen LogP contribution is 2.27. The number of carbonyl (C=O) groups is 1. The Morgan fingerprint density at radius 1 is 1.29 bits per heavy atom. The average Bonchev–Trinajstić information content (AvgIpc) is 2.83. The average molecular weight is 251 g/mol. The van der Waals surface area contributed by atoms with Crippen LogP contribution in [0.25, 0.3) is 0 Å². The number of hydrogen-bond donors (Lipinski definition) is 3. The van der Waals surface area contributed by atoms with E-state index >= 15 is 0 Å². The SMILES string of the molecule is O=C(Sc1cn[nH]n1)C(O)(O)c1ccccc1. The van der Waals surface area contributed by atoms with E-state index in [9.17, 15) is 15.0 Å². The molecule has 0 aliphatic heterocycles. The molecule has 0 bridgehead atoms. The molecule has 0 radical (unpaired) electrons. The fourth-order valence-corrected chi connectivity index (χ4v) is 1.84. The maximum absolute atomic E-state index is 11.7. The molecule has 6 nitrogen and oxygen atoms in total. The molecule has 1 heterocycles. The Hall–Kier alpha value is -1.70. The number of aromatic nitrogens is 3.